The molecule has 186 valence electrons. The first-order chi connectivity index (χ1) is 15.8. The fourth-order valence-corrected chi connectivity index (χ4v) is 4.14. The third-order valence-electron chi connectivity index (χ3n) is 5.72. The fourth-order valence-electron chi connectivity index (χ4n) is 3.83. The summed E-state index contributed by atoms with van der Waals surface area (Å²) < 4.78 is 12.7. The Kier molecular flexibility index (Phi) is 14.1. The molecule has 0 aliphatic heterocycles. The summed E-state index contributed by atoms with van der Waals surface area (Å²) in [6, 6.07) is 10.0. The Hall–Kier alpha value is -1.23. The number of thiol groups is 1. The molecule has 3 N–H and O–H groups in total. The van der Waals surface area contributed by atoms with Gasteiger partial charge in [-0.1, -0.05) is 66.9 Å². The van der Waals surface area contributed by atoms with Crippen molar-refractivity contribution in [3.05, 3.63) is 48.4 Å². The maximum absolute atomic E-state index is 12.6. The zero-order chi connectivity index (χ0) is 24.9. The molecule has 0 amide bonds. The number of rotatable bonds is 13. The van der Waals surface area contributed by atoms with Crippen LogP contribution < -0.4 is 11.1 Å². The number of nitrogens with two attached hydrogens (primary N) is 1. The molecule has 0 spiro atoms. The van der Waals surface area contributed by atoms with Crippen LogP contribution in [-0.2, 0) is 20.7 Å². The number of unbranched alkanes of at least 4 members (excludes halogenated alkanes) is 1. The molecule has 0 aliphatic rings. The number of alkyl halides is 1. The van der Waals surface area contributed by atoms with Gasteiger partial charge in [-0.3, -0.25) is 14.1 Å². The van der Waals surface area contributed by atoms with Gasteiger partial charge in [0.2, 0.25) is 0 Å². The number of nitrogens with zero attached hydrogens (tertiary/aromatic N) is 1. The van der Waals surface area contributed by atoms with Gasteiger partial charge in [-0.25, -0.2) is 0 Å². The molecular formula is C25H40IN3O3S. The van der Waals surface area contributed by atoms with Crippen LogP contribution in [0.1, 0.15) is 52.1 Å². The van der Waals surface area contributed by atoms with Crippen molar-refractivity contribution in [3.63, 3.8) is 0 Å². The number of fused-ring (bicyclic) bond motifs is 1. The predicted octanol–water partition coefficient (Wildman–Crippen LogP) is 5.48. The van der Waals surface area contributed by atoms with Gasteiger partial charge < -0.3 is 15.2 Å². The number of esters is 1. The minimum absolute atomic E-state index is 0.349. The molecule has 33 heavy (non-hydrogen) atoms. The first kappa shape index (κ1) is 29.8. The minimum Gasteiger partial charge on any atom is -0.484 e. The average Bonchev–Trinajstić information content (AvgIpc) is 3.14. The SMILES string of the molecule is CCC(CN)CCC/C=C\OC(C)NC(C)(Cc1cc2ccccc2n1S)C(=O)OC.CI. The van der Waals surface area contributed by atoms with Gasteiger partial charge in [-0.2, -0.15) is 0 Å². The number of hydrogen-bond acceptors (Lipinski definition) is 6. The van der Waals surface area contributed by atoms with Crippen LogP contribution in [0.5, 0.6) is 0 Å². The molecule has 6 nitrogen and oxygen atoms in total. The van der Waals surface area contributed by atoms with E-state index in [4.69, 9.17) is 15.2 Å². The number of hydrogen-bond donors (Lipinski definition) is 3. The topological polar surface area (TPSA) is 78.5 Å². The summed E-state index contributed by atoms with van der Waals surface area (Å²) in [5, 5.41) is 4.36. The molecule has 8 heteroatoms. The molecule has 0 radical (unpaired) electrons. The van der Waals surface area contributed by atoms with Crippen LogP contribution in [-0.4, -0.2) is 40.3 Å². The van der Waals surface area contributed by atoms with Crippen molar-refractivity contribution < 1.29 is 14.3 Å². The Morgan fingerprint density at radius 2 is 2.06 bits per heavy atom. The van der Waals surface area contributed by atoms with E-state index in [9.17, 15) is 4.79 Å². The molecule has 2 aromatic rings. The van der Waals surface area contributed by atoms with Gasteiger partial charge in [0.05, 0.1) is 18.9 Å². The number of carbonyl (C=O) groups excluding carboxylic acids is 1. The lowest BCUT2D eigenvalue weighted by molar-refractivity contribution is -0.149. The Labute approximate surface area is 218 Å². The van der Waals surface area contributed by atoms with Crippen molar-refractivity contribution in [2.75, 3.05) is 18.6 Å². The van der Waals surface area contributed by atoms with E-state index in [1.165, 1.54) is 7.11 Å². The number of halogens is 1. The van der Waals surface area contributed by atoms with Gasteiger partial charge in [0.1, 0.15) is 11.8 Å². The quantitative estimate of drug-likeness (QED) is 0.0549. The standard InChI is InChI=1S/C24H37N3O3S.CH3I/c1-5-19(17-25)11-7-6-10-14-30-18(2)26-24(3,23(28)29-4)16-21-15-20-12-8-9-13-22(20)27(21)31;1-2/h8-10,12-15,18-19,26,31H,5-7,11,16-17,25H2,1-4H3;1H3/b14-10-;. The molecule has 0 saturated heterocycles. The number of aromatic nitrogens is 1. The molecule has 0 aliphatic carbocycles. The molecule has 0 saturated carbocycles. The summed E-state index contributed by atoms with van der Waals surface area (Å²) >= 11 is 6.77. The molecule has 3 unspecified atom stereocenters. The highest BCUT2D eigenvalue weighted by Gasteiger charge is 2.37. The largest absolute Gasteiger partial charge is 0.484 e. The summed E-state index contributed by atoms with van der Waals surface area (Å²) in [4.78, 5) is 14.6. The van der Waals surface area contributed by atoms with E-state index in [-0.39, 0.29) is 12.2 Å². The van der Waals surface area contributed by atoms with Gasteiger partial charge >= 0.3 is 5.97 Å². The second-order valence-corrected chi connectivity index (χ2v) is 8.64. The van der Waals surface area contributed by atoms with Gasteiger partial charge in [-0.15, -0.1) is 0 Å². The number of para-hydroxylation sites is 1. The van der Waals surface area contributed by atoms with Crippen molar-refractivity contribution in [1.82, 2.24) is 9.29 Å². The van der Waals surface area contributed by atoms with Crippen molar-refractivity contribution in [2.24, 2.45) is 11.7 Å². The van der Waals surface area contributed by atoms with E-state index in [2.05, 4.69) is 47.6 Å². The lowest BCUT2D eigenvalue weighted by atomic mass is 9.95. The summed E-state index contributed by atoms with van der Waals surface area (Å²) in [7, 11) is 1.40. The first-order valence-electron chi connectivity index (χ1n) is 11.4. The second-order valence-electron chi connectivity index (χ2n) is 8.24. The lowest BCUT2D eigenvalue weighted by Gasteiger charge is -2.31. The van der Waals surface area contributed by atoms with E-state index in [1.54, 1.807) is 6.26 Å². The van der Waals surface area contributed by atoms with E-state index in [1.807, 2.05) is 59.2 Å². The molecule has 2 rings (SSSR count). The Bertz CT molecular complexity index is 870. The van der Waals surface area contributed by atoms with Gasteiger partial charge in [-0.05, 0) is 68.7 Å². The highest BCUT2D eigenvalue weighted by molar-refractivity contribution is 14.1. The third kappa shape index (κ3) is 9.15. The van der Waals surface area contributed by atoms with Crippen LogP contribution in [0.4, 0.5) is 0 Å². The van der Waals surface area contributed by atoms with E-state index in [0.717, 1.165) is 48.8 Å². The monoisotopic (exact) mass is 589 g/mol. The predicted molar refractivity (Wildman–Crippen MR) is 150 cm³/mol. The molecule has 1 heterocycles. The molecule has 0 bridgehead atoms. The highest BCUT2D eigenvalue weighted by Crippen LogP contribution is 2.25. The van der Waals surface area contributed by atoms with Crippen LogP contribution in [0.15, 0.2) is 42.7 Å². The second kappa shape index (κ2) is 15.6. The van der Waals surface area contributed by atoms with Crippen molar-refractivity contribution in [2.45, 2.75) is 64.6 Å². The lowest BCUT2D eigenvalue weighted by Crippen LogP contribution is -2.55. The summed E-state index contributed by atoms with van der Waals surface area (Å²) in [6.45, 7) is 6.62. The summed E-state index contributed by atoms with van der Waals surface area (Å²) in [5.74, 6) is 0.246. The number of allylic oxidation sites excluding steroid dienone is 1. The first-order valence-corrected chi connectivity index (χ1v) is 13.9. The van der Waals surface area contributed by atoms with Crippen LogP contribution in [0.3, 0.4) is 0 Å². The van der Waals surface area contributed by atoms with Crippen molar-refractivity contribution in [1.29, 1.82) is 0 Å². The van der Waals surface area contributed by atoms with E-state index in [0.29, 0.717) is 12.3 Å². The number of benzene rings is 1. The van der Waals surface area contributed by atoms with Crippen LogP contribution >= 0.6 is 35.4 Å². The summed E-state index contributed by atoms with van der Waals surface area (Å²) in [5.41, 5.74) is 6.70. The van der Waals surface area contributed by atoms with Crippen molar-refractivity contribution >= 4 is 52.3 Å². The summed E-state index contributed by atoms with van der Waals surface area (Å²) in [6.07, 6.45) is 8.04. The number of methoxy groups -OCH3 is 1. The third-order valence-corrected chi connectivity index (χ3v) is 6.20. The zero-order valence-electron chi connectivity index (χ0n) is 20.5. The number of ether oxygens (including phenoxy) is 2. The zero-order valence-corrected chi connectivity index (χ0v) is 23.6. The maximum atomic E-state index is 12.6. The fraction of sp³-hybridized carbons (Fsp3) is 0.560. The van der Waals surface area contributed by atoms with E-state index >= 15 is 0 Å². The molecule has 0 fully saturated rings. The maximum Gasteiger partial charge on any atom is 0.326 e. The average molecular weight is 590 g/mol. The Balaban J connectivity index is 0.00000265. The molecular weight excluding hydrogens is 549 g/mol. The highest BCUT2D eigenvalue weighted by atomic mass is 127. The smallest absolute Gasteiger partial charge is 0.326 e. The number of nitrogens with one attached hydrogen (secondary N) is 1. The molecule has 1 aromatic carbocycles. The molecule has 3 atom stereocenters. The Morgan fingerprint density at radius 3 is 2.67 bits per heavy atom. The normalized spacial score (nSPS) is 14.9. The van der Waals surface area contributed by atoms with Crippen LogP contribution in [0.25, 0.3) is 10.9 Å². The van der Waals surface area contributed by atoms with Crippen LogP contribution in [0.2, 0.25) is 0 Å². The van der Waals surface area contributed by atoms with Gasteiger partial charge in [0.15, 0.2) is 0 Å². The van der Waals surface area contributed by atoms with Gasteiger partial charge in [0, 0.05) is 17.5 Å². The number of carbonyl (C=O) groups is 1. The minimum atomic E-state index is -0.966. The molecule has 1 aromatic heterocycles. The van der Waals surface area contributed by atoms with Crippen molar-refractivity contribution in [3.8, 4) is 0 Å². The van der Waals surface area contributed by atoms with Gasteiger partial charge in [0.25, 0.3) is 0 Å². The Morgan fingerprint density at radius 1 is 1.36 bits per heavy atom. The van der Waals surface area contributed by atoms with E-state index < -0.39 is 5.54 Å². The van der Waals surface area contributed by atoms with Crippen LogP contribution in [0, 0.1) is 5.92 Å².